The van der Waals surface area contributed by atoms with Crippen molar-refractivity contribution in [2.24, 2.45) is 0 Å². The number of ether oxygens (including phenoxy) is 1. The van der Waals surface area contributed by atoms with Crippen molar-refractivity contribution in [2.75, 3.05) is 7.11 Å². The molecular formula is C18H25FN2O2. The number of methoxy groups -OCH3 is 1. The molecule has 0 aromatic heterocycles. The number of hydrogen-bond acceptors (Lipinski definition) is 3. The Labute approximate surface area is 137 Å². The number of benzene rings is 1. The highest BCUT2D eigenvalue weighted by atomic mass is 19.1. The molecule has 1 aromatic rings. The molecule has 1 aromatic carbocycles. The van der Waals surface area contributed by atoms with Crippen LogP contribution in [0.2, 0.25) is 0 Å². The van der Waals surface area contributed by atoms with Gasteiger partial charge in [-0.3, -0.25) is 4.90 Å². The van der Waals surface area contributed by atoms with Crippen LogP contribution in [0.5, 0.6) is 0 Å². The van der Waals surface area contributed by atoms with Crippen LogP contribution in [0.3, 0.4) is 0 Å². The molecule has 0 aliphatic carbocycles. The molecule has 5 heteroatoms. The molecule has 0 fully saturated rings. The molecule has 2 rings (SSSR count). The van der Waals surface area contributed by atoms with Gasteiger partial charge in [-0.1, -0.05) is 30.3 Å². The third-order valence-electron chi connectivity index (χ3n) is 3.93. The van der Waals surface area contributed by atoms with E-state index in [1.54, 1.807) is 4.90 Å². The van der Waals surface area contributed by atoms with Crippen molar-refractivity contribution in [3.63, 3.8) is 0 Å². The van der Waals surface area contributed by atoms with Gasteiger partial charge in [0.25, 0.3) is 0 Å². The monoisotopic (exact) mass is 320 g/mol. The van der Waals surface area contributed by atoms with Crippen LogP contribution in [0.1, 0.15) is 39.2 Å². The van der Waals surface area contributed by atoms with E-state index in [1.807, 2.05) is 56.0 Å². The van der Waals surface area contributed by atoms with E-state index in [9.17, 15) is 9.18 Å². The highest BCUT2D eigenvalue weighted by Gasteiger charge is 2.38. The summed E-state index contributed by atoms with van der Waals surface area (Å²) in [5, 5.41) is 0. The molecule has 4 nitrogen and oxygen atoms in total. The first-order valence-corrected chi connectivity index (χ1v) is 7.86. The minimum absolute atomic E-state index is 0.157. The number of halogens is 1. The molecule has 0 spiro atoms. The maximum Gasteiger partial charge on any atom is 0.411 e. The van der Waals surface area contributed by atoms with E-state index in [1.165, 1.54) is 13.3 Å². The summed E-state index contributed by atoms with van der Waals surface area (Å²) in [5.41, 5.74) is 0.649. The van der Waals surface area contributed by atoms with Crippen LogP contribution in [0.25, 0.3) is 0 Å². The van der Waals surface area contributed by atoms with Crippen LogP contribution in [-0.4, -0.2) is 34.7 Å². The van der Waals surface area contributed by atoms with Gasteiger partial charge in [0.05, 0.1) is 7.11 Å². The third kappa shape index (κ3) is 4.24. The van der Waals surface area contributed by atoms with Gasteiger partial charge in [-0.25, -0.2) is 9.18 Å². The number of rotatable bonds is 3. The fraction of sp³-hybridized carbons (Fsp3) is 0.500. The maximum absolute atomic E-state index is 13.8. The molecule has 126 valence electrons. The Morgan fingerprint density at radius 1 is 1.35 bits per heavy atom. The highest BCUT2D eigenvalue weighted by Crippen LogP contribution is 2.30. The van der Waals surface area contributed by atoms with E-state index in [0.717, 1.165) is 5.56 Å². The number of carbonyl (C=O) groups is 1. The van der Waals surface area contributed by atoms with Crippen LogP contribution in [0.15, 0.2) is 42.4 Å². The lowest BCUT2D eigenvalue weighted by Crippen LogP contribution is -2.57. The second-order valence-corrected chi connectivity index (χ2v) is 6.76. The fourth-order valence-electron chi connectivity index (χ4n) is 2.93. The minimum Gasteiger partial charge on any atom is -0.453 e. The van der Waals surface area contributed by atoms with Gasteiger partial charge >= 0.3 is 6.09 Å². The first kappa shape index (κ1) is 17.3. The summed E-state index contributed by atoms with van der Waals surface area (Å²) >= 11 is 0. The Morgan fingerprint density at radius 3 is 2.57 bits per heavy atom. The van der Waals surface area contributed by atoms with Gasteiger partial charge in [0, 0.05) is 24.7 Å². The number of allylic oxidation sites excluding steroid dienone is 1. The standard InChI is InChI=1S/C18H25FN2O2/c1-18(2,3)21(17(22)23-4)16-11-10-15(19)13-20(16)12-14-8-6-5-7-9-14/h5-9,13,16H,10-12H2,1-4H3. The normalized spacial score (nSPS) is 18.4. The molecule has 0 saturated carbocycles. The first-order chi connectivity index (χ1) is 10.8. The average molecular weight is 320 g/mol. The predicted molar refractivity (Wildman–Crippen MR) is 88.2 cm³/mol. The topological polar surface area (TPSA) is 32.8 Å². The lowest BCUT2D eigenvalue weighted by atomic mass is 10.0. The van der Waals surface area contributed by atoms with E-state index in [0.29, 0.717) is 19.4 Å². The Bertz CT molecular complexity index is 566. The molecule has 0 N–H and O–H groups in total. The molecular weight excluding hydrogens is 295 g/mol. The molecule has 0 saturated heterocycles. The molecule has 0 bridgehead atoms. The molecule has 23 heavy (non-hydrogen) atoms. The van der Waals surface area contributed by atoms with Gasteiger partial charge in [0.1, 0.15) is 12.0 Å². The van der Waals surface area contributed by atoms with Crippen molar-refractivity contribution in [1.82, 2.24) is 9.80 Å². The van der Waals surface area contributed by atoms with E-state index < -0.39 is 11.6 Å². The van der Waals surface area contributed by atoms with Crippen molar-refractivity contribution in [2.45, 2.75) is 51.9 Å². The quantitative estimate of drug-likeness (QED) is 0.833. The molecule has 1 aliphatic rings. The molecule has 1 aliphatic heterocycles. The van der Waals surface area contributed by atoms with Gasteiger partial charge in [-0.15, -0.1) is 0 Å². The zero-order valence-corrected chi connectivity index (χ0v) is 14.3. The Morgan fingerprint density at radius 2 is 2.00 bits per heavy atom. The zero-order valence-electron chi connectivity index (χ0n) is 14.3. The van der Waals surface area contributed by atoms with Crippen molar-refractivity contribution >= 4 is 6.09 Å². The Hall–Kier alpha value is -2.04. The van der Waals surface area contributed by atoms with Crippen molar-refractivity contribution in [1.29, 1.82) is 0 Å². The zero-order chi connectivity index (χ0) is 17.0. The molecule has 1 amide bonds. The number of carbonyl (C=O) groups excluding carboxylic acids is 1. The summed E-state index contributed by atoms with van der Waals surface area (Å²) in [6, 6.07) is 9.85. The lowest BCUT2D eigenvalue weighted by Gasteiger charge is -2.46. The van der Waals surface area contributed by atoms with Crippen LogP contribution in [0, 0.1) is 0 Å². The van der Waals surface area contributed by atoms with Crippen LogP contribution < -0.4 is 0 Å². The predicted octanol–water partition coefficient (Wildman–Crippen LogP) is 4.29. The smallest absolute Gasteiger partial charge is 0.411 e. The van der Waals surface area contributed by atoms with Gasteiger partial charge in [-0.05, 0) is 32.8 Å². The largest absolute Gasteiger partial charge is 0.453 e. The second-order valence-electron chi connectivity index (χ2n) is 6.76. The van der Waals surface area contributed by atoms with Gasteiger partial charge in [-0.2, -0.15) is 0 Å². The van der Waals surface area contributed by atoms with E-state index in [4.69, 9.17) is 4.74 Å². The molecule has 0 radical (unpaired) electrons. The fourth-order valence-corrected chi connectivity index (χ4v) is 2.93. The summed E-state index contributed by atoms with van der Waals surface area (Å²) in [4.78, 5) is 15.9. The molecule has 1 heterocycles. The van der Waals surface area contributed by atoms with E-state index in [2.05, 4.69) is 0 Å². The van der Waals surface area contributed by atoms with Crippen LogP contribution in [-0.2, 0) is 11.3 Å². The summed E-state index contributed by atoms with van der Waals surface area (Å²) in [5.74, 6) is -0.157. The van der Waals surface area contributed by atoms with Crippen LogP contribution >= 0.6 is 0 Å². The number of hydrogen-bond donors (Lipinski definition) is 0. The van der Waals surface area contributed by atoms with E-state index >= 15 is 0 Å². The van der Waals surface area contributed by atoms with E-state index in [-0.39, 0.29) is 12.0 Å². The first-order valence-electron chi connectivity index (χ1n) is 7.86. The van der Waals surface area contributed by atoms with Crippen molar-refractivity contribution in [3.05, 3.63) is 47.9 Å². The maximum atomic E-state index is 13.8. The average Bonchev–Trinajstić information content (AvgIpc) is 2.49. The van der Waals surface area contributed by atoms with Gasteiger partial charge in [0.15, 0.2) is 0 Å². The van der Waals surface area contributed by atoms with Crippen LogP contribution in [0.4, 0.5) is 9.18 Å². The van der Waals surface area contributed by atoms with Gasteiger partial charge < -0.3 is 9.64 Å². The number of nitrogens with zero attached hydrogens (tertiary/aromatic N) is 2. The lowest BCUT2D eigenvalue weighted by molar-refractivity contribution is -0.00526. The molecule has 1 atom stereocenters. The second kappa shape index (κ2) is 7.02. The SMILES string of the molecule is COC(=O)N(C1CCC(F)=CN1Cc1ccccc1)C(C)(C)C. The highest BCUT2D eigenvalue weighted by molar-refractivity contribution is 5.68. The summed E-state index contributed by atoms with van der Waals surface area (Å²) in [6.45, 7) is 6.42. The van der Waals surface area contributed by atoms with Gasteiger partial charge in [0.2, 0.25) is 0 Å². The molecule has 1 unspecified atom stereocenters. The Kier molecular flexibility index (Phi) is 5.29. The Balaban J connectivity index is 2.31. The summed E-state index contributed by atoms with van der Waals surface area (Å²) in [7, 11) is 1.38. The summed E-state index contributed by atoms with van der Waals surface area (Å²) in [6.07, 6.45) is 1.77. The summed E-state index contributed by atoms with van der Waals surface area (Å²) < 4.78 is 18.8. The minimum atomic E-state index is -0.422. The van der Waals surface area contributed by atoms with Crippen molar-refractivity contribution in [3.8, 4) is 0 Å². The van der Waals surface area contributed by atoms with Crippen molar-refractivity contribution < 1.29 is 13.9 Å². The third-order valence-corrected chi connectivity index (χ3v) is 3.93. The number of amides is 1.